The second kappa shape index (κ2) is 7.54. The summed E-state index contributed by atoms with van der Waals surface area (Å²) in [5.74, 6) is 0.540. The van der Waals surface area contributed by atoms with Gasteiger partial charge in [0, 0.05) is 12.7 Å². The van der Waals surface area contributed by atoms with Crippen LogP contribution in [0.5, 0.6) is 0 Å². The highest BCUT2D eigenvalue weighted by atomic mass is 19.4. The Kier molecular flexibility index (Phi) is 4.94. The lowest BCUT2D eigenvalue weighted by Gasteiger charge is -2.11. The van der Waals surface area contributed by atoms with Crippen molar-refractivity contribution in [3.8, 4) is 0 Å². The minimum Gasteiger partial charge on any atom is -0.474 e. The van der Waals surface area contributed by atoms with Gasteiger partial charge in [-0.1, -0.05) is 42.5 Å². The van der Waals surface area contributed by atoms with Crippen LogP contribution in [0.4, 0.5) is 13.2 Å². The van der Waals surface area contributed by atoms with Crippen LogP contribution in [0.25, 0.3) is 0 Å². The van der Waals surface area contributed by atoms with Gasteiger partial charge in [0.25, 0.3) is 0 Å². The molecule has 2 heterocycles. The molecule has 0 aliphatic carbocycles. The van der Waals surface area contributed by atoms with Crippen molar-refractivity contribution in [1.29, 1.82) is 0 Å². The van der Waals surface area contributed by atoms with E-state index in [0.29, 0.717) is 24.6 Å². The summed E-state index contributed by atoms with van der Waals surface area (Å²) >= 11 is 0. The molecule has 0 radical (unpaired) electrons. The number of rotatable bonds is 5. The summed E-state index contributed by atoms with van der Waals surface area (Å²) in [5, 5.41) is 0. The lowest BCUT2D eigenvalue weighted by Crippen LogP contribution is -2.12. The van der Waals surface area contributed by atoms with Gasteiger partial charge in [-0.2, -0.15) is 13.2 Å². The van der Waals surface area contributed by atoms with Crippen LogP contribution in [0.15, 0.2) is 77.9 Å². The molecule has 0 N–H and O–H groups in total. The van der Waals surface area contributed by atoms with Crippen molar-refractivity contribution in [2.45, 2.75) is 25.2 Å². The minimum absolute atomic E-state index is 0.0364. The fourth-order valence-corrected chi connectivity index (χ4v) is 3.34. The number of aromatic nitrogens is 1. The van der Waals surface area contributed by atoms with Crippen molar-refractivity contribution in [1.82, 2.24) is 4.57 Å². The molecule has 2 aromatic carbocycles. The van der Waals surface area contributed by atoms with Crippen LogP contribution in [-0.2, 0) is 23.9 Å². The Morgan fingerprint density at radius 3 is 2.54 bits per heavy atom. The van der Waals surface area contributed by atoms with Gasteiger partial charge in [-0.3, -0.25) is 0 Å². The maximum atomic E-state index is 12.9. The first-order valence-electron chi connectivity index (χ1n) is 9.05. The summed E-state index contributed by atoms with van der Waals surface area (Å²) in [5.41, 5.74) is 1.90. The molecule has 6 heteroatoms. The summed E-state index contributed by atoms with van der Waals surface area (Å²) in [6.07, 6.45) is -1.73. The quantitative estimate of drug-likeness (QED) is 0.612. The minimum atomic E-state index is -4.35. The Bertz CT molecular complexity index is 977. The van der Waals surface area contributed by atoms with E-state index in [1.807, 2.05) is 41.1 Å². The van der Waals surface area contributed by atoms with Gasteiger partial charge < -0.3 is 9.30 Å². The zero-order valence-corrected chi connectivity index (χ0v) is 15.1. The molecule has 0 bridgehead atoms. The maximum Gasteiger partial charge on any atom is 0.416 e. The largest absolute Gasteiger partial charge is 0.474 e. The van der Waals surface area contributed by atoms with Gasteiger partial charge in [-0.15, -0.1) is 0 Å². The van der Waals surface area contributed by atoms with Crippen LogP contribution in [0.3, 0.4) is 0 Å². The van der Waals surface area contributed by atoms with Gasteiger partial charge in [-0.25, -0.2) is 4.99 Å². The molecular weight excluding hydrogens is 365 g/mol. The van der Waals surface area contributed by atoms with Crippen LogP contribution in [0.1, 0.15) is 22.4 Å². The highest BCUT2D eigenvalue weighted by Gasteiger charge is 2.30. The first-order valence-corrected chi connectivity index (χ1v) is 9.05. The molecule has 0 saturated heterocycles. The van der Waals surface area contributed by atoms with Crippen molar-refractivity contribution < 1.29 is 17.9 Å². The Morgan fingerprint density at radius 1 is 0.964 bits per heavy atom. The third-order valence-corrected chi connectivity index (χ3v) is 4.68. The number of nitrogens with zero attached hydrogens (tertiary/aromatic N) is 2. The Morgan fingerprint density at radius 2 is 1.75 bits per heavy atom. The Hall–Kier alpha value is -3.02. The second-order valence-electron chi connectivity index (χ2n) is 6.81. The van der Waals surface area contributed by atoms with E-state index >= 15 is 0 Å². The van der Waals surface area contributed by atoms with Gasteiger partial charge in [-0.05, 0) is 41.8 Å². The van der Waals surface area contributed by atoms with E-state index in [2.05, 4.69) is 17.1 Å². The summed E-state index contributed by atoms with van der Waals surface area (Å²) < 4.78 is 46.5. The number of halogens is 3. The molecule has 0 unspecified atom stereocenters. The maximum absolute atomic E-state index is 12.9. The first kappa shape index (κ1) is 18.3. The first-order chi connectivity index (χ1) is 13.5. The fraction of sp³-hybridized carbons (Fsp3) is 0.227. The molecule has 4 rings (SSSR count). The third-order valence-electron chi connectivity index (χ3n) is 4.68. The van der Waals surface area contributed by atoms with E-state index in [-0.39, 0.29) is 6.04 Å². The molecule has 0 fully saturated rings. The predicted molar refractivity (Wildman–Crippen MR) is 101 cm³/mol. The van der Waals surface area contributed by atoms with Crippen molar-refractivity contribution in [3.63, 3.8) is 0 Å². The Balaban J connectivity index is 1.51. The highest BCUT2D eigenvalue weighted by Crippen LogP contribution is 2.29. The molecule has 1 aliphatic rings. The van der Waals surface area contributed by atoms with E-state index in [1.54, 1.807) is 6.07 Å². The van der Waals surface area contributed by atoms with Crippen LogP contribution >= 0.6 is 0 Å². The summed E-state index contributed by atoms with van der Waals surface area (Å²) in [6.45, 7) is 0.816. The van der Waals surface area contributed by atoms with E-state index in [0.717, 1.165) is 18.2 Å². The monoisotopic (exact) mass is 384 g/mol. The summed E-state index contributed by atoms with van der Waals surface area (Å²) in [7, 11) is 0. The standard InChI is InChI=1S/C22H19F3N2O/c23-22(24,25)18-9-4-8-17(12-18)14-27-11-5-10-20(27)21-26-19(15-28-21)13-16-6-2-1-3-7-16/h1-12,19H,13-15H2/t19-/m1/s1. The number of hydrogen-bond donors (Lipinski definition) is 0. The zero-order chi connectivity index (χ0) is 19.6. The lowest BCUT2D eigenvalue weighted by molar-refractivity contribution is -0.137. The van der Waals surface area contributed by atoms with Crippen molar-refractivity contribution >= 4 is 5.90 Å². The lowest BCUT2D eigenvalue weighted by atomic mass is 10.1. The van der Waals surface area contributed by atoms with E-state index in [4.69, 9.17) is 4.74 Å². The predicted octanol–water partition coefficient (Wildman–Crippen LogP) is 4.94. The van der Waals surface area contributed by atoms with E-state index in [9.17, 15) is 13.2 Å². The topological polar surface area (TPSA) is 26.5 Å². The molecule has 0 saturated carbocycles. The third kappa shape index (κ3) is 4.11. The van der Waals surface area contributed by atoms with Crippen molar-refractivity contribution in [3.05, 3.63) is 95.3 Å². The van der Waals surface area contributed by atoms with Crippen molar-refractivity contribution in [2.75, 3.05) is 6.61 Å². The molecule has 0 spiro atoms. The number of ether oxygens (including phenoxy) is 1. The SMILES string of the molecule is FC(F)(F)c1cccc(Cn2cccc2C2=N[C@H](Cc3ccccc3)CO2)c1. The molecule has 28 heavy (non-hydrogen) atoms. The van der Waals surface area contributed by atoms with Gasteiger partial charge in [0.2, 0.25) is 5.90 Å². The number of hydrogen-bond acceptors (Lipinski definition) is 2. The molecule has 0 amide bonds. The molecule has 1 aromatic heterocycles. The summed E-state index contributed by atoms with van der Waals surface area (Å²) in [4.78, 5) is 4.68. The van der Waals surface area contributed by atoms with Crippen LogP contribution < -0.4 is 0 Å². The van der Waals surface area contributed by atoms with Gasteiger partial charge in [0.15, 0.2) is 0 Å². The molecule has 1 aliphatic heterocycles. The number of alkyl halides is 3. The van der Waals surface area contributed by atoms with Gasteiger partial charge in [0.05, 0.1) is 11.6 Å². The van der Waals surface area contributed by atoms with Gasteiger partial charge in [0.1, 0.15) is 12.3 Å². The Labute approximate surface area is 161 Å². The molecule has 144 valence electrons. The van der Waals surface area contributed by atoms with E-state index < -0.39 is 11.7 Å². The zero-order valence-electron chi connectivity index (χ0n) is 15.1. The molecule has 1 atom stereocenters. The van der Waals surface area contributed by atoms with E-state index in [1.165, 1.54) is 17.7 Å². The van der Waals surface area contributed by atoms with Gasteiger partial charge >= 0.3 is 6.18 Å². The number of benzene rings is 2. The molecule has 3 aromatic rings. The van der Waals surface area contributed by atoms with Crippen LogP contribution in [-0.4, -0.2) is 23.1 Å². The average Bonchev–Trinajstić information content (AvgIpc) is 3.31. The average molecular weight is 384 g/mol. The second-order valence-corrected chi connectivity index (χ2v) is 6.81. The number of aliphatic imine (C=N–C) groups is 1. The van der Waals surface area contributed by atoms with Crippen LogP contribution in [0.2, 0.25) is 0 Å². The summed E-state index contributed by atoms with van der Waals surface area (Å²) in [6, 6.07) is 19.2. The fourth-order valence-electron chi connectivity index (χ4n) is 3.34. The van der Waals surface area contributed by atoms with Crippen LogP contribution in [0, 0.1) is 0 Å². The highest BCUT2D eigenvalue weighted by molar-refractivity contribution is 5.93. The van der Waals surface area contributed by atoms with Crippen molar-refractivity contribution in [2.24, 2.45) is 4.99 Å². The molecule has 3 nitrogen and oxygen atoms in total. The normalized spacial score (nSPS) is 16.7. The smallest absolute Gasteiger partial charge is 0.416 e. The molecular formula is C22H19F3N2O.